The summed E-state index contributed by atoms with van der Waals surface area (Å²) in [7, 11) is 0. The van der Waals surface area contributed by atoms with E-state index in [0.717, 1.165) is 10.1 Å². The molecule has 0 spiro atoms. The Morgan fingerprint density at radius 3 is 2.65 bits per heavy atom. The first-order valence-electron chi connectivity index (χ1n) is 11.7. The first-order chi connectivity index (χ1) is 17.9. The molecule has 5 rings (SSSR count). The van der Waals surface area contributed by atoms with Gasteiger partial charge < -0.3 is 14.8 Å². The van der Waals surface area contributed by atoms with Crippen LogP contribution >= 0.6 is 11.6 Å². The van der Waals surface area contributed by atoms with Crippen molar-refractivity contribution in [1.29, 1.82) is 0 Å². The third kappa shape index (κ3) is 5.22. The Kier molecular flexibility index (Phi) is 6.96. The van der Waals surface area contributed by atoms with E-state index in [2.05, 4.69) is 5.32 Å². The van der Waals surface area contributed by atoms with Crippen LogP contribution in [0.4, 0.5) is 4.39 Å². The Balaban J connectivity index is 1.30. The molecule has 4 aromatic rings. The summed E-state index contributed by atoms with van der Waals surface area (Å²) < 4.78 is 26.7. The largest absolute Gasteiger partial charge is 0.454 e. The minimum atomic E-state index is -0.523. The van der Waals surface area contributed by atoms with Crippen LogP contribution < -0.4 is 26.0 Å². The monoisotopic (exact) mass is 523 g/mol. The molecular weight excluding hydrogens is 501 g/mol. The van der Waals surface area contributed by atoms with Crippen LogP contribution in [0.2, 0.25) is 5.02 Å². The number of ether oxygens (including phenoxy) is 2. The third-order valence-corrected chi connectivity index (χ3v) is 6.54. The number of nitrogens with zero attached hydrogens (tertiary/aromatic N) is 2. The van der Waals surface area contributed by atoms with Gasteiger partial charge in [-0.1, -0.05) is 35.9 Å². The molecule has 0 atom stereocenters. The van der Waals surface area contributed by atoms with Crippen molar-refractivity contribution in [3.63, 3.8) is 0 Å². The van der Waals surface area contributed by atoms with Crippen LogP contribution in [0.1, 0.15) is 24.0 Å². The maximum absolute atomic E-state index is 13.5. The highest BCUT2D eigenvalue weighted by Gasteiger charge is 2.16. The Hall–Kier alpha value is -4.11. The zero-order chi connectivity index (χ0) is 25.9. The minimum absolute atomic E-state index is 0.0642. The van der Waals surface area contributed by atoms with Crippen molar-refractivity contribution >= 4 is 28.4 Å². The van der Waals surface area contributed by atoms with Gasteiger partial charge in [-0.25, -0.2) is 9.18 Å². The Morgan fingerprint density at radius 2 is 1.81 bits per heavy atom. The summed E-state index contributed by atoms with van der Waals surface area (Å²) in [5, 5.41) is 3.39. The molecule has 3 aromatic carbocycles. The van der Waals surface area contributed by atoms with Crippen molar-refractivity contribution in [2.75, 3.05) is 6.79 Å². The maximum Gasteiger partial charge on any atom is 0.331 e. The van der Waals surface area contributed by atoms with E-state index in [4.69, 9.17) is 21.1 Å². The molecule has 0 saturated heterocycles. The summed E-state index contributed by atoms with van der Waals surface area (Å²) in [6.07, 6.45) is 0.421. The fourth-order valence-corrected chi connectivity index (χ4v) is 4.51. The van der Waals surface area contributed by atoms with Gasteiger partial charge in [-0.05, 0) is 53.9 Å². The zero-order valence-electron chi connectivity index (χ0n) is 19.7. The Bertz CT molecular complexity index is 1610. The fourth-order valence-electron chi connectivity index (χ4n) is 4.28. The summed E-state index contributed by atoms with van der Waals surface area (Å²) in [5.74, 6) is 0.626. The molecule has 0 fully saturated rings. The van der Waals surface area contributed by atoms with Gasteiger partial charge in [0.1, 0.15) is 5.82 Å². The highest BCUT2D eigenvalue weighted by molar-refractivity contribution is 6.31. The number of rotatable bonds is 8. The summed E-state index contributed by atoms with van der Waals surface area (Å²) >= 11 is 6.19. The molecular formula is C27H23ClFN3O5. The molecule has 0 radical (unpaired) electrons. The molecule has 1 aliphatic heterocycles. The van der Waals surface area contributed by atoms with Gasteiger partial charge >= 0.3 is 5.69 Å². The predicted molar refractivity (Wildman–Crippen MR) is 137 cm³/mol. The number of carbonyl (C=O) groups is 1. The van der Waals surface area contributed by atoms with Gasteiger partial charge in [-0.15, -0.1) is 0 Å². The lowest BCUT2D eigenvalue weighted by atomic mass is 10.2. The van der Waals surface area contributed by atoms with Crippen LogP contribution in [0.5, 0.6) is 11.5 Å². The van der Waals surface area contributed by atoms with Crippen molar-refractivity contribution in [3.05, 3.63) is 103 Å². The molecule has 0 bridgehead atoms. The van der Waals surface area contributed by atoms with Crippen LogP contribution in [0.3, 0.4) is 0 Å². The second-order valence-electron chi connectivity index (χ2n) is 8.65. The molecule has 1 aliphatic rings. The number of fused-ring (bicyclic) bond motifs is 2. The van der Waals surface area contributed by atoms with Gasteiger partial charge in [-0.3, -0.25) is 18.7 Å². The molecule has 8 nitrogen and oxygen atoms in total. The molecule has 37 heavy (non-hydrogen) atoms. The van der Waals surface area contributed by atoms with Crippen LogP contribution in [0.15, 0.2) is 70.3 Å². The predicted octanol–water partition coefficient (Wildman–Crippen LogP) is 3.83. The molecule has 0 unspecified atom stereocenters. The van der Waals surface area contributed by atoms with E-state index in [1.807, 2.05) is 12.1 Å². The van der Waals surface area contributed by atoms with E-state index in [1.54, 1.807) is 30.3 Å². The van der Waals surface area contributed by atoms with Crippen molar-refractivity contribution in [1.82, 2.24) is 14.5 Å². The van der Waals surface area contributed by atoms with E-state index in [0.29, 0.717) is 34.5 Å². The lowest BCUT2D eigenvalue weighted by Crippen LogP contribution is -2.40. The highest BCUT2D eigenvalue weighted by atomic mass is 35.5. The number of hydrogen-bond donors (Lipinski definition) is 1. The highest BCUT2D eigenvalue weighted by Crippen LogP contribution is 2.32. The molecule has 1 N–H and O–H groups in total. The molecule has 10 heteroatoms. The van der Waals surface area contributed by atoms with E-state index < -0.39 is 17.1 Å². The lowest BCUT2D eigenvalue weighted by Gasteiger charge is -2.15. The molecule has 0 saturated carbocycles. The first-order valence-corrected chi connectivity index (χ1v) is 12.1. The number of carbonyl (C=O) groups excluding carboxylic acids is 1. The molecule has 1 aromatic heterocycles. The number of aromatic nitrogens is 2. The topological polar surface area (TPSA) is 91.6 Å². The van der Waals surface area contributed by atoms with E-state index in [-0.39, 0.29) is 43.7 Å². The second kappa shape index (κ2) is 10.5. The number of amides is 1. The summed E-state index contributed by atoms with van der Waals surface area (Å²) in [6, 6.07) is 16.2. The van der Waals surface area contributed by atoms with Crippen LogP contribution in [-0.4, -0.2) is 21.8 Å². The number of para-hydroxylation sites is 1. The maximum atomic E-state index is 13.5. The smallest absolute Gasteiger partial charge is 0.331 e. The van der Waals surface area contributed by atoms with Gasteiger partial charge in [0.25, 0.3) is 5.56 Å². The van der Waals surface area contributed by atoms with Crippen molar-refractivity contribution in [2.24, 2.45) is 0 Å². The van der Waals surface area contributed by atoms with Crippen molar-refractivity contribution in [2.45, 2.75) is 32.5 Å². The van der Waals surface area contributed by atoms with E-state index in [1.165, 1.54) is 22.8 Å². The average Bonchev–Trinajstić information content (AvgIpc) is 3.36. The summed E-state index contributed by atoms with van der Waals surface area (Å²) in [6.45, 7) is 0.625. The SMILES string of the molecule is O=C(CCCn1c(=O)c2ccccc2n(Cc2ccc(F)cc2Cl)c1=O)NCc1ccc2c(c1)OCO2. The second-order valence-corrected chi connectivity index (χ2v) is 9.05. The average molecular weight is 524 g/mol. The van der Waals surface area contributed by atoms with Crippen LogP contribution in [-0.2, 0) is 24.4 Å². The van der Waals surface area contributed by atoms with E-state index in [9.17, 15) is 18.8 Å². The normalized spacial score (nSPS) is 12.2. The van der Waals surface area contributed by atoms with Gasteiger partial charge in [0.15, 0.2) is 11.5 Å². The zero-order valence-corrected chi connectivity index (χ0v) is 20.5. The lowest BCUT2D eigenvalue weighted by molar-refractivity contribution is -0.121. The van der Waals surface area contributed by atoms with Gasteiger partial charge in [0, 0.05) is 24.5 Å². The molecule has 2 heterocycles. The van der Waals surface area contributed by atoms with Crippen molar-refractivity contribution in [3.8, 4) is 11.5 Å². The van der Waals surface area contributed by atoms with Crippen LogP contribution in [0.25, 0.3) is 10.9 Å². The van der Waals surface area contributed by atoms with E-state index >= 15 is 0 Å². The standard InChI is InChI=1S/C27H23ClFN3O5/c28-21-13-19(29)9-8-18(21)15-32-22-5-2-1-4-20(22)26(34)31(27(32)35)11-3-6-25(33)30-14-17-7-10-23-24(12-17)37-16-36-23/h1-2,4-5,7-10,12-13H,3,6,11,14-16H2,(H,30,33). The molecule has 0 aliphatic carbocycles. The third-order valence-electron chi connectivity index (χ3n) is 6.19. The first kappa shape index (κ1) is 24.6. The van der Waals surface area contributed by atoms with Crippen LogP contribution in [0, 0.1) is 5.82 Å². The molecule has 1 amide bonds. The summed E-state index contributed by atoms with van der Waals surface area (Å²) in [4.78, 5) is 38.9. The number of nitrogens with one attached hydrogen (secondary N) is 1. The molecule has 190 valence electrons. The van der Waals surface area contributed by atoms with Gasteiger partial charge in [-0.2, -0.15) is 0 Å². The Labute approximate surface area is 215 Å². The summed E-state index contributed by atoms with van der Waals surface area (Å²) in [5.41, 5.74) is 0.914. The number of hydrogen-bond acceptors (Lipinski definition) is 5. The van der Waals surface area contributed by atoms with Gasteiger partial charge in [0.2, 0.25) is 12.7 Å². The fraction of sp³-hybridized carbons (Fsp3) is 0.222. The Morgan fingerprint density at radius 1 is 1.00 bits per heavy atom. The van der Waals surface area contributed by atoms with Crippen molar-refractivity contribution < 1.29 is 18.7 Å². The quantitative estimate of drug-likeness (QED) is 0.379. The number of benzene rings is 3. The number of halogens is 2. The minimum Gasteiger partial charge on any atom is -0.454 e. The van der Waals surface area contributed by atoms with Gasteiger partial charge in [0.05, 0.1) is 17.4 Å².